The van der Waals surface area contributed by atoms with Gasteiger partial charge in [0.05, 0.1) is 0 Å². The normalized spacial score (nSPS) is 15.4. The van der Waals surface area contributed by atoms with Crippen LogP contribution >= 0.6 is 11.3 Å². The molecule has 0 atom stereocenters. The summed E-state index contributed by atoms with van der Waals surface area (Å²) < 4.78 is 10.6. The van der Waals surface area contributed by atoms with E-state index in [1.165, 1.54) is 11.3 Å². The van der Waals surface area contributed by atoms with Gasteiger partial charge in [-0.15, -0.1) is 10.2 Å². The molecule has 2 aliphatic heterocycles. The van der Waals surface area contributed by atoms with Crippen LogP contribution in [0.3, 0.4) is 0 Å². The maximum atomic E-state index is 12.6. The fourth-order valence-corrected chi connectivity index (χ4v) is 4.79. The molecule has 0 unspecified atom stereocenters. The number of carbonyl (C=O) groups is 2. The van der Waals surface area contributed by atoms with Crippen molar-refractivity contribution in [2.45, 2.75) is 25.7 Å². The highest BCUT2D eigenvalue weighted by atomic mass is 32.1. The molecule has 5 rings (SSSR count). The average Bonchev–Trinajstić information content (AvgIpc) is 3.50. The second-order valence-corrected chi connectivity index (χ2v) is 8.98. The average molecular weight is 466 g/mol. The predicted molar refractivity (Wildman–Crippen MR) is 124 cm³/mol. The first-order valence-corrected chi connectivity index (χ1v) is 11.5. The summed E-state index contributed by atoms with van der Waals surface area (Å²) >= 11 is 1.30. The van der Waals surface area contributed by atoms with Crippen molar-refractivity contribution in [3.05, 3.63) is 58.0 Å². The number of nitrogens with one attached hydrogen (secondary N) is 2. The lowest BCUT2D eigenvalue weighted by molar-refractivity contribution is 0.102. The molecule has 2 N–H and O–H groups in total. The summed E-state index contributed by atoms with van der Waals surface area (Å²) in [5.41, 5.74) is 2.46. The van der Waals surface area contributed by atoms with Crippen LogP contribution in [0.2, 0.25) is 0 Å². The van der Waals surface area contributed by atoms with Gasteiger partial charge in [-0.25, -0.2) is 4.79 Å². The minimum atomic E-state index is -0.312. The van der Waals surface area contributed by atoms with E-state index in [-0.39, 0.29) is 24.6 Å². The summed E-state index contributed by atoms with van der Waals surface area (Å²) in [6.45, 7) is 3.40. The molecule has 1 saturated heterocycles. The lowest BCUT2D eigenvalue weighted by atomic mass is 9.98. The molecule has 2 aliphatic rings. The number of aryl methyl sites for hydroxylation is 1. The molecule has 0 bridgehead atoms. The number of fused-ring (bicyclic) bond motifs is 1. The first-order valence-electron chi connectivity index (χ1n) is 10.7. The number of nitrogens with zero attached hydrogens (tertiary/aromatic N) is 3. The van der Waals surface area contributed by atoms with Crippen molar-refractivity contribution in [2.24, 2.45) is 0 Å². The van der Waals surface area contributed by atoms with E-state index in [1.54, 1.807) is 18.2 Å². The number of aromatic nitrogens is 2. The number of hydrogen-bond acceptors (Lipinski definition) is 7. The third kappa shape index (κ3) is 4.61. The number of hydrogen-bond donors (Lipinski definition) is 2. The summed E-state index contributed by atoms with van der Waals surface area (Å²) in [5.74, 6) is 1.12. The van der Waals surface area contributed by atoms with E-state index >= 15 is 0 Å². The molecule has 1 fully saturated rings. The lowest BCUT2D eigenvalue weighted by Gasteiger charge is -2.31. The van der Waals surface area contributed by atoms with Crippen molar-refractivity contribution in [3.63, 3.8) is 0 Å². The van der Waals surface area contributed by atoms with E-state index in [0.29, 0.717) is 35.3 Å². The first-order chi connectivity index (χ1) is 16.1. The van der Waals surface area contributed by atoms with Crippen LogP contribution in [-0.4, -0.2) is 46.9 Å². The topological polar surface area (TPSA) is 106 Å². The Morgan fingerprint density at radius 2 is 1.82 bits per heavy atom. The number of ether oxygens (including phenoxy) is 2. The quantitative estimate of drug-likeness (QED) is 0.597. The molecule has 33 heavy (non-hydrogen) atoms. The highest BCUT2D eigenvalue weighted by Gasteiger charge is 2.27. The maximum absolute atomic E-state index is 12.6. The molecule has 0 aliphatic carbocycles. The van der Waals surface area contributed by atoms with Crippen molar-refractivity contribution in [1.29, 1.82) is 0 Å². The van der Waals surface area contributed by atoms with Crippen LogP contribution in [-0.2, 0) is 0 Å². The van der Waals surface area contributed by atoms with Crippen molar-refractivity contribution in [2.75, 3.05) is 30.5 Å². The molecular formula is C23H23N5O4S. The van der Waals surface area contributed by atoms with Crippen LogP contribution in [0.15, 0.2) is 42.5 Å². The number of para-hydroxylation sites is 1. The Hall–Kier alpha value is -3.66. The van der Waals surface area contributed by atoms with Crippen molar-refractivity contribution in [3.8, 4) is 11.5 Å². The molecule has 1 aromatic heterocycles. The number of benzene rings is 2. The number of amides is 3. The second kappa shape index (κ2) is 9.07. The second-order valence-electron chi connectivity index (χ2n) is 7.97. The minimum absolute atomic E-state index is 0.0937. The van der Waals surface area contributed by atoms with E-state index in [2.05, 4.69) is 20.8 Å². The monoisotopic (exact) mass is 465 g/mol. The Labute approximate surface area is 194 Å². The highest BCUT2D eigenvalue weighted by molar-refractivity contribution is 7.13. The largest absolute Gasteiger partial charge is 0.454 e. The number of piperidine rings is 1. The number of carbonyl (C=O) groups excluding carboxylic acids is 2. The van der Waals surface area contributed by atoms with E-state index in [0.717, 1.165) is 29.1 Å². The van der Waals surface area contributed by atoms with E-state index in [4.69, 9.17) is 9.47 Å². The summed E-state index contributed by atoms with van der Waals surface area (Å²) in [5, 5.41) is 15.3. The summed E-state index contributed by atoms with van der Waals surface area (Å²) in [6, 6.07) is 12.9. The van der Waals surface area contributed by atoms with Crippen LogP contribution in [0.5, 0.6) is 11.5 Å². The van der Waals surface area contributed by atoms with Gasteiger partial charge in [0.1, 0.15) is 5.01 Å². The zero-order valence-corrected chi connectivity index (χ0v) is 18.9. The van der Waals surface area contributed by atoms with Crippen molar-refractivity contribution < 1.29 is 19.1 Å². The number of rotatable bonds is 4. The van der Waals surface area contributed by atoms with E-state index in [9.17, 15) is 9.59 Å². The molecule has 3 amide bonds. The fraction of sp³-hybridized carbons (Fsp3) is 0.304. The molecule has 0 spiro atoms. The van der Waals surface area contributed by atoms with Gasteiger partial charge in [-0.2, -0.15) is 0 Å². The Morgan fingerprint density at radius 1 is 1.03 bits per heavy atom. The molecule has 170 valence electrons. The zero-order chi connectivity index (χ0) is 22.8. The molecule has 2 aromatic carbocycles. The van der Waals surface area contributed by atoms with Gasteiger partial charge in [0.2, 0.25) is 11.8 Å². The molecule has 3 heterocycles. The first kappa shape index (κ1) is 21.2. The maximum Gasteiger partial charge on any atom is 0.321 e. The van der Waals surface area contributed by atoms with Gasteiger partial charge in [0.25, 0.3) is 5.91 Å². The smallest absolute Gasteiger partial charge is 0.321 e. The third-order valence-corrected chi connectivity index (χ3v) is 6.87. The van der Waals surface area contributed by atoms with Crippen LogP contribution in [0, 0.1) is 6.92 Å². The van der Waals surface area contributed by atoms with Gasteiger partial charge in [-0.1, -0.05) is 29.5 Å². The molecule has 3 aromatic rings. The lowest BCUT2D eigenvalue weighted by Crippen LogP contribution is -2.40. The van der Waals surface area contributed by atoms with Gasteiger partial charge in [-0.05, 0) is 43.5 Å². The molecule has 10 heteroatoms. The Morgan fingerprint density at radius 3 is 2.64 bits per heavy atom. The SMILES string of the molecule is Cc1ccccc1NC(=O)N1CCC(c2nnc(C(=O)Nc3ccc4c(c3)OCO4)s2)CC1. The van der Waals surface area contributed by atoms with E-state index < -0.39 is 0 Å². The molecule has 9 nitrogen and oxygen atoms in total. The highest BCUT2D eigenvalue weighted by Crippen LogP contribution is 2.35. The Kier molecular flexibility index (Phi) is 5.82. The van der Waals surface area contributed by atoms with Crippen molar-refractivity contribution in [1.82, 2.24) is 15.1 Å². The third-order valence-electron chi connectivity index (χ3n) is 5.78. The van der Waals surface area contributed by atoms with Gasteiger partial charge < -0.3 is 25.0 Å². The van der Waals surface area contributed by atoms with Crippen molar-refractivity contribution >= 4 is 34.6 Å². The van der Waals surface area contributed by atoms with Gasteiger partial charge in [0, 0.05) is 36.4 Å². The molecule has 0 saturated carbocycles. The number of anilines is 2. The Bertz CT molecular complexity index is 1190. The van der Waals surface area contributed by atoms with E-state index in [1.807, 2.05) is 36.1 Å². The zero-order valence-electron chi connectivity index (χ0n) is 18.0. The van der Waals surface area contributed by atoms with Gasteiger partial charge >= 0.3 is 6.03 Å². The van der Waals surface area contributed by atoms with Crippen LogP contribution < -0.4 is 20.1 Å². The summed E-state index contributed by atoms with van der Waals surface area (Å²) in [7, 11) is 0. The molecular weight excluding hydrogens is 442 g/mol. The summed E-state index contributed by atoms with van der Waals surface area (Å²) in [4.78, 5) is 27.1. The number of urea groups is 1. The summed E-state index contributed by atoms with van der Waals surface area (Å²) in [6.07, 6.45) is 1.55. The molecule has 0 radical (unpaired) electrons. The number of likely N-dealkylation sites (tertiary alicyclic amines) is 1. The van der Waals surface area contributed by atoms with Crippen LogP contribution in [0.1, 0.15) is 39.1 Å². The predicted octanol–water partition coefficient (Wildman–Crippen LogP) is 4.24. The van der Waals surface area contributed by atoms with Gasteiger partial charge in [0.15, 0.2) is 11.5 Å². The fourth-order valence-electron chi connectivity index (χ4n) is 3.89. The standard InChI is InChI=1S/C23H23N5O4S/c1-14-4-2-3-5-17(14)25-23(30)28-10-8-15(9-11-28)21-26-27-22(33-21)20(29)24-16-6-7-18-19(12-16)32-13-31-18/h2-7,12,15H,8-11,13H2,1H3,(H,24,29)(H,25,30). The Balaban J connectivity index is 1.16. The van der Waals surface area contributed by atoms with Crippen LogP contribution in [0.4, 0.5) is 16.2 Å². The minimum Gasteiger partial charge on any atom is -0.454 e. The van der Waals surface area contributed by atoms with Crippen LogP contribution in [0.25, 0.3) is 0 Å². The van der Waals surface area contributed by atoms with Gasteiger partial charge in [-0.3, -0.25) is 4.79 Å².